The van der Waals surface area contributed by atoms with Crippen molar-refractivity contribution in [2.45, 2.75) is 37.8 Å². The summed E-state index contributed by atoms with van der Waals surface area (Å²) in [5, 5.41) is 6.65. The van der Waals surface area contributed by atoms with Gasteiger partial charge in [0.2, 0.25) is 11.8 Å². The van der Waals surface area contributed by atoms with Crippen LogP contribution in [0.2, 0.25) is 5.02 Å². The summed E-state index contributed by atoms with van der Waals surface area (Å²) in [6.07, 6.45) is 2.98. The van der Waals surface area contributed by atoms with Gasteiger partial charge in [0, 0.05) is 5.02 Å². The van der Waals surface area contributed by atoms with Gasteiger partial charge in [0.15, 0.2) is 0 Å². The number of piperidine rings is 1. The lowest BCUT2D eigenvalue weighted by Gasteiger charge is -2.26. The van der Waals surface area contributed by atoms with Gasteiger partial charge in [-0.05, 0) is 37.1 Å². The molecule has 0 bridgehead atoms. The molecule has 21 heavy (non-hydrogen) atoms. The van der Waals surface area contributed by atoms with Crippen LogP contribution >= 0.6 is 11.6 Å². The Hall–Kier alpha value is -1.59. The van der Waals surface area contributed by atoms with Gasteiger partial charge in [-0.25, -0.2) is 0 Å². The SMILES string of the molecule is NC(=O)C[C@@H](NC(=O)[C@H]1CCCCN1)c1cccc(Cl)c1. The topological polar surface area (TPSA) is 84.2 Å². The maximum absolute atomic E-state index is 12.3. The second kappa shape index (κ2) is 7.43. The van der Waals surface area contributed by atoms with Crippen LogP contribution in [0.25, 0.3) is 0 Å². The molecule has 0 spiro atoms. The molecule has 4 N–H and O–H groups in total. The third-order valence-corrected chi connectivity index (χ3v) is 3.83. The highest BCUT2D eigenvalue weighted by Gasteiger charge is 2.24. The van der Waals surface area contributed by atoms with Crippen molar-refractivity contribution in [2.24, 2.45) is 5.73 Å². The van der Waals surface area contributed by atoms with Crippen molar-refractivity contribution in [3.8, 4) is 0 Å². The fourth-order valence-electron chi connectivity index (χ4n) is 2.52. The van der Waals surface area contributed by atoms with Crippen molar-refractivity contribution in [1.82, 2.24) is 10.6 Å². The minimum atomic E-state index is -0.461. The van der Waals surface area contributed by atoms with Crippen LogP contribution in [0.4, 0.5) is 0 Å². The zero-order chi connectivity index (χ0) is 15.2. The summed E-state index contributed by atoms with van der Waals surface area (Å²) in [5.41, 5.74) is 6.07. The Bertz CT molecular complexity index is 515. The van der Waals surface area contributed by atoms with Crippen molar-refractivity contribution in [1.29, 1.82) is 0 Å². The van der Waals surface area contributed by atoms with E-state index in [0.717, 1.165) is 31.4 Å². The van der Waals surface area contributed by atoms with E-state index >= 15 is 0 Å². The van der Waals surface area contributed by atoms with Gasteiger partial charge in [-0.15, -0.1) is 0 Å². The van der Waals surface area contributed by atoms with Gasteiger partial charge in [0.1, 0.15) is 0 Å². The number of rotatable bonds is 5. The predicted molar refractivity (Wildman–Crippen MR) is 81.8 cm³/mol. The van der Waals surface area contributed by atoms with Crippen molar-refractivity contribution >= 4 is 23.4 Å². The van der Waals surface area contributed by atoms with E-state index in [4.69, 9.17) is 17.3 Å². The standard InChI is InChI=1S/C15H20ClN3O2/c16-11-5-3-4-10(8-11)13(9-14(17)20)19-15(21)12-6-1-2-7-18-12/h3-5,8,12-13,18H,1-2,6-7,9H2,(H2,17,20)(H,19,21)/t12-,13-/m1/s1. The summed E-state index contributed by atoms with van der Waals surface area (Å²) in [6, 6.07) is 6.46. The third kappa shape index (κ3) is 4.72. The summed E-state index contributed by atoms with van der Waals surface area (Å²) >= 11 is 5.97. The molecule has 1 fully saturated rings. The first kappa shape index (κ1) is 15.8. The number of carbonyl (C=O) groups excluding carboxylic acids is 2. The molecular weight excluding hydrogens is 290 g/mol. The van der Waals surface area contributed by atoms with Gasteiger partial charge in [0.05, 0.1) is 18.5 Å². The van der Waals surface area contributed by atoms with Crippen molar-refractivity contribution < 1.29 is 9.59 Å². The van der Waals surface area contributed by atoms with E-state index in [2.05, 4.69) is 10.6 Å². The zero-order valence-electron chi connectivity index (χ0n) is 11.8. The van der Waals surface area contributed by atoms with Gasteiger partial charge in [-0.2, -0.15) is 0 Å². The number of nitrogens with two attached hydrogens (primary N) is 1. The number of carbonyl (C=O) groups is 2. The smallest absolute Gasteiger partial charge is 0.237 e. The molecule has 0 aliphatic carbocycles. The van der Waals surface area contributed by atoms with Crippen LogP contribution in [-0.2, 0) is 9.59 Å². The molecule has 114 valence electrons. The molecule has 1 saturated heterocycles. The van der Waals surface area contributed by atoms with Crippen LogP contribution in [0.3, 0.4) is 0 Å². The minimum absolute atomic E-state index is 0.0544. The maximum atomic E-state index is 12.3. The summed E-state index contributed by atoms with van der Waals surface area (Å²) in [5.74, 6) is -0.558. The van der Waals surface area contributed by atoms with E-state index in [1.54, 1.807) is 18.2 Å². The molecule has 1 aromatic rings. The molecular formula is C15H20ClN3O2. The molecule has 2 amide bonds. The fraction of sp³-hybridized carbons (Fsp3) is 0.467. The molecule has 0 radical (unpaired) electrons. The Morgan fingerprint density at radius 3 is 2.86 bits per heavy atom. The lowest BCUT2D eigenvalue weighted by atomic mass is 10.0. The molecule has 0 saturated carbocycles. The first-order valence-electron chi connectivity index (χ1n) is 7.14. The monoisotopic (exact) mass is 309 g/mol. The predicted octanol–water partition coefficient (Wildman–Crippen LogP) is 1.51. The van der Waals surface area contributed by atoms with Crippen molar-refractivity contribution in [3.63, 3.8) is 0 Å². The van der Waals surface area contributed by atoms with E-state index in [0.29, 0.717) is 5.02 Å². The zero-order valence-corrected chi connectivity index (χ0v) is 12.5. The minimum Gasteiger partial charge on any atom is -0.370 e. The van der Waals surface area contributed by atoms with Crippen LogP contribution in [0, 0.1) is 0 Å². The molecule has 2 atom stereocenters. The first-order valence-corrected chi connectivity index (χ1v) is 7.51. The quantitative estimate of drug-likeness (QED) is 0.771. The average molecular weight is 310 g/mol. The number of hydrogen-bond acceptors (Lipinski definition) is 3. The Balaban J connectivity index is 2.08. The fourth-order valence-corrected chi connectivity index (χ4v) is 2.72. The molecule has 1 heterocycles. The molecule has 0 aromatic heterocycles. The van der Waals surface area contributed by atoms with Gasteiger partial charge >= 0.3 is 0 Å². The molecule has 2 rings (SSSR count). The van der Waals surface area contributed by atoms with Crippen molar-refractivity contribution in [3.05, 3.63) is 34.9 Å². The van der Waals surface area contributed by atoms with E-state index in [1.165, 1.54) is 0 Å². The normalized spacial score (nSPS) is 19.8. The first-order chi connectivity index (χ1) is 10.1. The molecule has 6 heteroatoms. The van der Waals surface area contributed by atoms with Crippen molar-refractivity contribution in [2.75, 3.05) is 6.54 Å². The number of amides is 2. The highest BCUT2D eigenvalue weighted by Crippen LogP contribution is 2.21. The maximum Gasteiger partial charge on any atom is 0.237 e. The van der Waals surface area contributed by atoms with Gasteiger partial charge < -0.3 is 16.4 Å². The number of primary amides is 1. The lowest BCUT2D eigenvalue weighted by Crippen LogP contribution is -2.48. The largest absolute Gasteiger partial charge is 0.370 e. The van der Waals surface area contributed by atoms with Crippen LogP contribution in [0.15, 0.2) is 24.3 Å². The van der Waals surface area contributed by atoms with Gasteiger partial charge in [-0.3, -0.25) is 9.59 Å². The molecule has 0 unspecified atom stereocenters. The van der Waals surface area contributed by atoms with Crippen LogP contribution in [0.1, 0.15) is 37.3 Å². The average Bonchev–Trinajstić information content (AvgIpc) is 2.47. The molecule has 1 aliphatic rings. The number of hydrogen-bond donors (Lipinski definition) is 3. The highest BCUT2D eigenvalue weighted by molar-refractivity contribution is 6.30. The summed E-state index contributed by atoms with van der Waals surface area (Å²) in [4.78, 5) is 23.5. The Labute approximate surface area is 129 Å². The third-order valence-electron chi connectivity index (χ3n) is 3.60. The summed E-state index contributed by atoms with van der Waals surface area (Å²) in [7, 11) is 0. The lowest BCUT2D eigenvalue weighted by molar-refractivity contribution is -0.125. The summed E-state index contributed by atoms with van der Waals surface area (Å²) in [6.45, 7) is 0.843. The number of benzene rings is 1. The van der Waals surface area contributed by atoms with Gasteiger partial charge in [-0.1, -0.05) is 30.2 Å². The van der Waals surface area contributed by atoms with Crippen LogP contribution < -0.4 is 16.4 Å². The molecule has 5 nitrogen and oxygen atoms in total. The second-order valence-electron chi connectivity index (χ2n) is 5.29. The summed E-state index contributed by atoms with van der Waals surface area (Å²) < 4.78 is 0. The molecule has 1 aliphatic heterocycles. The highest BCUT2D eigenvalue weighted by atomic mass is 35.5. The van der Waals surface area contributed by atoms with Gasteiger partial charge in [0.25, 0.3) is 0 Å². The number of halogens is 1. The van der Waals surface area contributed by atoms with E-state index < -0.39 is 11.9 Å². The van der Waals surface area contributed by atoms with E-state index in [9.17, 15) is 9.59 Å². The Kier molecular flexibility index (Phi) is 5.59. The van der Waals surface area contributed by atoms with E-state index in [1.807, 2.05) is 6.07 Å². The van der Waals surface area contributed by atoms with Crippen LogP contribution in [-0.4, -0.2) is 24.4 Å². The number of nitrogens with one attached hydrogen (secondary N) is 2. The Morgan fingerprint density at radius 1 is 1.43 bits per heavy atom. The van der Waals surface area contributed by atoms with Crippen LogP contribution in [0.5, 0.6) is 0 Å². The Morgan fingerprint density at radius 2 is 2.24 bits per heavy atom. The molecule has 1 aromatic carbocycles. The second-order valence-corrected chi connectivity index (χ2v) is 5.73. The van der Waals surface area contributed by atoms with E-state index in [-0.39, 0.29) is 18.4 Å².